The van der Waals surface area contributed by atoms with Gasteiger partial charge >= 0.3 is 0 Å². The molecule has 0 unspecified atom stereocenters. The molecule has 0 N–H and O–H groups in total. The predicted molar refractivity (Wildman–Crippen MR) is 107 cm³/mol. The van der Waals surface area contributed by atoms with Crippen molar-refractivity contribution in [2.45, 2.75) is 19.8 Å². The molecule has 0 fully saturated rings. The predicted octanol–water partition coefficient (Wildman–Crippen LogP) is 4.02. The lowest BCUT2D eigenvalue weighted by molar-refractivity contribution is -0.118. The first-order chi connectivity index (χ1) is 13.4. The molecule has 3 aromatic rings. The highest BCUT2D eigenvalue weighted by atomic mass is 19.1. The van der Waals surface area contributed by atoms with E-state index in [4.69, 9.17) is 0 Å². The average molecular weight is 379 g/mol. The van der Waals surface area contributed by atoms with E-state index in [1.165, 1.54) is 11.0 Å². The number of aromatic nitrogens is 2. The molecule has 2 aromatic carbocycles. The minimum atomic E-state index is -0.461. The van der Waals surface area contributed by atoms with Crippen LogP contribution in [0.1, 0.15) is 29.4 Å². The van der Waals surface area contributed by atoms with Crippen molar-refractivity contribution in [3.8, 4) is 11.1 Å². The van der Waals surface area contributed by atoms with Gasteiger partial charge in [0.05, 0.1) is 17.8 Å². The van der Waals surface area contributed by atoms with E-state index in [1.54, 1.807) is 61.2 Å². The van der Waals surface area contributed by atoms with Crippen molar-refractivity contribution < 1.29 is 14.0 Å². The van der Waals surface area contributed by atoms with E-state index in [0.717, 1.165) is 11.3 Å². The van der Waals surface area contributed by atoms with Gasteiger partial charge in [-0.1, -0.05) is 37.3 Å². The van der Waals surface area contributed by atoms with E-state index >= 15 is 0 Å². The highest BCUT2D eigenvalue weighted by Crippen LogP contribution is 2.27. The molecule has 28 heavy (non-hydrogen) atoms. The lowest BCUT2D eigenvalue weighted by Gasteiger charge is -2.17. The van der Waals surface area contributed by atoms with Gasteiger partial charge in [0.1, 0.15) is 5.82 Å². The number of Topliss-reactive ketones (excluding diaryl/α,β-unsaturated/α-hetero) is 1. The minimum absolute atomic E-state index is 0.0218. The first-order valence-corrected chi connectivity index (χ1v) is 9.07. The number of halogens is 1. The summed E-state index contributed by atoms with van der Waals surface area (Å²) in [6.07, 6.45) is 2.35. The quantitative estimate of drug-likeness (QED) is 0.608. The Hall–Kier alpha value is -3.28. The molecule has 0 atom stereocenters. The molecule has 0 saturated carbocycles. The van der Waals surface area contributed by atoms with Gasteiger partial charge in [0.25, 0.3) is 0 Å². The van der Waals surface area contributed by atoms with Crippen LogP contribution in [-0.4, -0.2) is 28.5 Å². The van der Waals surface area contributed by atoms with Crippen LogP contribution >= 0.6 is 0 Å². The summed E-state index contributed by atoms with van der Waals surface area (Å²) in [6, 6.07) is 13.6. The molecule has 3 rings (SSSR count). The number of carbonyl (C=O) groups is 2. The van der Waals surface area contributed by atoms with Gasteiger partial charge in [-0.25, -0.2) is 4.39 Å². The van der Waals surface area contributed by atoms with Crippen molar-refractivity contribution in [1.82, 2.24) is 9.78 Å². The van der Waals surface area contributed by atoms with Crippen LogP contribution in [0.3, 0.4) is 0 Å². The Bertz CT molecular complexity index is 1010. The van der Waals surface area contributed by atoms with Crippen molar-refractivity contribution >= 4 is 17.4 Å². The fourth-order valence-electron chi connectivity index (χ4n) is 3.00. The lowest BCUT2D eigenvalue weighted by atomic mass is 10.0. The summed E-state index contributed by atoms with van der Waals surface area (Å²) in [6.45, 7) is 1.74. The second kappa shape index (κ2) is 8.17. The topological polar surface area (TPSA) is 55.2 Å². The summed E-state index contributed by atoms with van der Waals surface area (Å²) in [5.41, 5.74) is 3.03. The summed E-state index contributed by atoms with van der Waals surface area (Å²) >= 11 is 0. The molecular weight excluding hydrogens is 357 g/mol. The third-order valence-corrected chi connectivity index (χ3v) is 4.64. The van der Waals surface area contributed by atoms with Gasteiger partial charge in [0.15, 0.2) is 5.78 Å². The van der Waals surface area contributed by atoms with E-state index in [2.05, 4.69) is 5.10 Å². The number of benzene rings is 2. The Morgan fingerprint density at radius 3 is 2.32 bits per heavy atom. The Balaban J connectivity index is 1.77. The van der Waals surface area contributed by atoms with Crippen molar-refractivity contribution in [2.75, 3.05) is 11.9 Å². The highest BCUT2D eigenvalue weighted by Gasteiger charge is 2.14. The van der Waals surface area contributed by atoms with Crippen molar-refractivity contribution in [2.24, 2.45) is 7.05 Å². The molecule has 0 aliphatic rings. The highest BCUT2D eigenvalue weighted by molar-refractivity contribution is 5.97. The van der Waals surface area contributed by atoms with Gasteiger partial charge in [-0.05, 0) is 29.3 Å². The van der Waals surface area contributed by atoms with E-state index in [-0.39, 0.29) is 23.8 Å². The summed E-state index contributed by atoms with van der Waals surface area (Å²) < 4.78 is 16.1. The number of aryl methyl sites for hydroxylation is 1. The maximum absolute atomic E-state index is 14.5. The van der Waals surface area contributed by atoms with Crippen LogP contribution in [0.2, 0.25) is 0 Å². The van der Waals surface area contributed by atoms with Crippen LogP contribution in [-0.2, 0) is 18.3 Å². The van der Waals surface area contributed by atoms with Crippen LogP contribution < -0.4 is 4.90 Å². The molecular formula is C22H22FN3O2. The fourth-order valence-corrected chi connectivity index (χ4v) is 3.00. The number of anilines is 1. The number of carbonyl (C=O) groups excluding carboxylic acids is 2. The van der Waals surface area contributed by atoms with E-state index in [9.17, 15) is 14.0 Å². The van der Waals surface area contributed by atoms with Crippen molar-refractivity contribution in [3.63, 3.8) is 0 Å². The first kappa shape index (κ1) is 19.5. The standard InChI is InChI=1S/C22H22FN3O2/c1-4-22(28)26(3)20-10-9-17(13-19(20)23)15-5-7-16(8-6-15)21(27)14-18-11-12-25(2)24-18/h5-13H,4,14H2,1-3H3. The normalized spacial score (nSPS) is 10.7. The van der Waals surface area contributed by atoms with Crippen LogP contribution in [0.5, 0.6) is 0 Å². The molecule has 0 aliphatic heterocycles. The molecule has 5 nitrogen and oxygen atoms in total. The van der Waals surface area contributed by atoms with Crippen molar-refractivity contribution in [3.05, 3.63) is 71.8 Å². The average Bonchev–Trinajstić information content (AvgIpc) is 3.11. The molecule has 1 amide bonds. The molecule has 0 aliphatic carbocycles. The third kappa shape index (κ3) is 4.17. The second-order valence-corrected chi connectivity index (χ2v) is 6.63. The molecule has 0 saturated heterocycles. The number of ketones is 1. The zero-order valence-corrected chi connectivity index (χ0v) is 16.1. The van der Waals surface area contributed by atoms with Crippen LogP contribution in [0.4, 0.5) is 10.1 Å². The Kier molecular flexibility index (Phi) is 5.68. The van der Waals surface area contributed by atoms with E-state index in [1.807, 2.05) is 13.1 Å². The maximum Gasteiger partial charge on any atom is 0.226 e. The molecule has 144 valence electrons. The third-order valence-electron chi connectivity index (χ3n) is 4.64. The van der Waals surface area contributed by atoms with Gasteiger partial charge < -0.3 is 4.90 Å². The van der Waals surface area contributed by atoms with Crippen LogP contribution in [0.25, 0.3) is 11.1 Å². The minimum Gasteiger partial charge on any atom is -0.313 e. The van der Waals surface area contributed by atoms with Crippen LogP contribution in [0.15, 0.2) is 54.7 Å². The van der Waals surface area contributed by atoms with Gasteiger partial charge in [0, 0.05) is 32.3 Å². The molecule has 6 heteroatoms. The number of nitrogens with zero attached hydrogens (tertiary/aromatic N) is 3. The summed E-state index contributed by atoms with van der Waals surface area (Å²) in [5.74, 6) is -0.633. The van der Waals surface area contributed by atoms with Crippen molar-refractivity contribution in [1.29, 1.82) is 0 Å². The monoisotopic (exact) mass is 379 g/mol. The van der Waals surface area contributed by atoms with Crippen LogP contribution in [0, 0.1) is 5.82 Å². The van der Waals surface area contributed by atoms with E-state index in [0.29, 0.717) is 17.5 Å². The number of hydrogen-bond donors (Lipinski definition) is 0. The zero-order chi connectivity index (χ0) is 20.3. The Labute approximate surface area is 163 Å². The second-order valence-electron chi connectivity index (χ2n) is 6.63. The van der Waals surface area contributed by atoms with Gasteiger partial charge in [-0.15, -0.1) is 0 Å². The summed E-state index contributed by atoms with van der Waals surface area (Å²) in [5, 5.41) is 4.22. The number of amides is 1. The summed E-state index contributed by atoms with van der Waals surface area (Å²) in [7, 11) is 3.37. The van der Waals surface area contributed by atoms with Gasteiger partial charge in [-0.2, -0.15) is 5.10 Å². The van der Waals surface area contributed by atoms with Gasteiger partial charge in [-0.3, -0.25) is 14.3 Å². The van der Waals surface area contributed by atoms with Gasteiger partial charge in [0.2, 0.25) is 5.91 Å². The zero-order valence-electron chi connectivity index (χ0n) is 16.1. The molecule has 0 radical (unpaired) electrons. The molecule has 0 bridgehead atoms. The Morgan fingerprint density at radius 1 is 1.07 bits per heavy atom. The molecule has 1 heterocycles. The molecule has 0 spiro atoms. The number of rotatable bonds is 6. The summed E-state index contributed by atoms with van der Waals surface area (Å²) in [4.78, 5) is 25.5. The fraction of sp³-hybridized carbons (Fsp3) is 0.227. The Morgan fingerprint density at radius 2 is 1.75 bits per heavy atom. The maximum atomic E-state index is 14.5. The number of hydrogen-bond acceptors (Lipinski definition) is 3. The lowest BCUT2D eigenvalue weighted by Crippen LogP contribution is -2.25. The SMILES string of the molecule is CCC(=O)N(C)c1ccc(-c2ccc(C(=O)Cc3ccn(C)n3)cc2)cc1F. The first-order valence-electron chi connectivity index (χ1n) is 9.07. The molecule has 1 aromatic heterocycles. The van der Waals surface area contributed by atoms with E-state index < -0.39 is 5.82 Å². The smallest absolute Gasteiger partial charge is 0.226 e. The largest absolute Gasteiger partial charge is 0.313 e.